The average Bonchev–Trinajstić information content (AvgIpc) is 3.24. The summed E-state index contributed by atoms with van der Waals surface area (Å²) < 4.78 is 5.91. The minimum Gasteiger partial charge on any atom is -0.488 e. The number of amides is 1. The van der Waals surface area contributed by atoms with Gasteiger partial charge in [0.05, 0.1) is 5.56 Å². The van der Waals surface area contributed by atoms with Crippen LogP contribution in [0, 0.1) is 11.8 Å². The van der Waals surface area contributed by atoms with E-state index in [1.54, 1.807) is 0 Å². The highest BCUT2D eigenvalue weighted by Gasteiger charge is 2.40. The third-order valence-electron chi connectivity index (χ3n) is 5.42. The first kappa shape index (κ1) is 15.3. The normalized spacial score (nSPS) is 24.8. The zero-order chi connectivity index (χ0) is 16.4. The number of hydrogen-bond acceptors (Lipinski definition) is 2. The first-order chi connectivity index (χ1) is 11.8. The summed E-state index contributed by atoms with van der Waals surface area (Å²) in [5.74, 6) is 2.15. The number of hydrogen-bond donors (Lipinski definition) is 1. The molecule has 2 aromatic rings. The Bertz CT molecular complexity index is 713. The Morgan fingerprint density at radius 1 is 1.00 bits per heavy atom. The van der Waals surface area contributed by atoms with E-state index in [1.807, 2.05) is 54.6 Å². The second-order valence-electron chi connectivity index (χ2n) is 7.03. The van der Waals surface area contributed by atoms with Gasteiger partial charge in [0, 0.05) is 6.04 Å². The number of benzene rings is 2. The maximum Gasteiger partial charge on any atom is 0.255 e. The van der Waals surface area contributed by atoms with Crippen molar-refractivity contribution in [3.63, 3.8) is 0 Å². The minimum absolute atomic E-state index is 0.00351. The number of nitrogens with one attached hydrogen (secondary N) is 1. The standard InChI is InChI=1S/C21H23NO2/c23-21(22-19-13-16-10-11-17(19)12-16)18-8-4-5-9-20(18)24-14-15-6-2-1-3-7-15/h1-9,16-17,19H,10-14H2,(H,22,23)/t16-,17+,19-/m0/s1. The highest BCUT2D eigenvalue weighted by atomic mass is 16.5. The van der Waals surface area contributed by atoms with Gasteiger partial charge in [-0.3, -0.25) is 4.79 Å². The molecule has 2 bridgehead atoms. The van der Waals surface area contributed by atoms with E-state index in [9.17, 15) is 4.79 Å². The summed E-state index contributed by atoms with van der Waals surface area (Å²) in [4.78, 5) is 12.7. The highest BCUT2D eigenvalue weighted by Crippen LogP contribution is 2.44. The predicted molar refractivity (Wildman–Crippen MR) is 93.9 cm³/mol. The van der Waals surface area contributed by atoms with Crippen molar-refractivity contribution < 1.29 is 9.53 Å². The van der Waals surface area contributed by atoms with Crippen molar-refractivity contribution in [3.8, 4) is 5.75 Å². The second-order valence-corrected chi connectivity index (χ2v) is 7.03. The number of para-hydroxylation sites is 1. The fraction of sp³-hybridized carbons (Fsp3) is 0.381. The monoisotopic (exact) mass is 321 g/mol. The van der Waals surface area contributed by atoms with Gasteiger partial charge >= 0.3 is 0 Å². The summed E-state index contributed by atoms with van der Waals surface area (Å²) in [5, 5.41) is 3.25. The van der Waals surface area contributed by atoms with Crippen LogP contribution in [0.5, 0.6) is 5.75 Å². The topological polar surface area (TPSA) is 38.3 Å². The van der Waals surface area contributed by atoms with Crippen LogP contribution in [0.15, 0.2) is 54.6 Å². The van der Waals surface area contributed by atoms with E-state index in [4.69, 9.17) is 4.74 Å². The molecule has 0 unspecified atom stereocenters. The van der Waals surface area contributed by atoms with Crippen molar-refractivity contribution in [1.29, 1.82) is 0 Å². The van der Waals surface area contributed by atoms with Crippen LogP contribution >= 0.6 is 0 Å². The molecule has 2 fully saturated rings. The van der Waals surface area contributed by atoms with Gasteiger partial charge in [-0.1, -0.05) is 48.9 Å². The van der Waals surface area contributed by atoms with Crippen molar-refractivity contribution in [2.24, 2.45) is 11.8 Å². The molecule has 0 spiro atoms. The fourth-order valence-electron chi connectivity index (χ4n) is 4.18. The molecule has 0 radical (unpaired) electrons. The molecular weight excluding hydrogens is 298 g/mol. The van der Waals surface area contributed by atoms with Crippen LogP contribution < -0.4 is 10.1 Å². The van der Waals surface area contributed by atoms with Gasteiger partial charge in [-0.15, -0.1) is 0 Å². The van der Waals surface area contributed by atoms with Crippen molar-refractivity contribution in [1.82, 2.24) is 5.32 Å². The molecule has 3 heteroatoms. The lowest BCUT2D eigenvalue weighted by Crippen LogP contribution is -2.38. The molecular formula is C21H23NO2. The van der Waals surface area contributed by atoms with Crippen LogP contribution in [0.3, 0.4) is 0 Å². The summed E-state index contributed by atoms with van der Waals surface area (Å²) in [6.45, 7) is 0.471. The van der Waals surface area contributed by atoms with Crippen LogP contribution in [0.2, 0.25) is 0 Å². The predicted octanol–water partition coefficient (Wildman–Crippen LogP) is 4.18. The zero-order valence-electron chi connectivity index (χ0n) is 13.8. The first-order valence-corrected chi connectivity index (χ1v) is 8.86. The summed E-state index contributed by atoms with van der Waals surface area (Å²) in [5.41, 5.74) is 1.73. The van der Waals surface area contributed by atoms with Crippen molar-refractivity contribution in [2.75, 3.05) is 0 Å². The zero-order valence-corrected chi connectivity index (χ0v) is 13.8. The van der Waals surface area contributed by atoms with Gasteiger partial charge in [-0.05, 0) is 48.8 Å². The van der Waals surface area contributed by atoms with Gasteiger partial charge in [-0.2, -0.15) is 0 Å². The molecule has 1 N–H and O–H groups in total. The maximum absolute atomic E-state index is 12.7. The Hall–Kier alpha value is -2.29. The summed E-state index contributed by atoms with van der Waals surface area (Å²) >= 11 is 0. The molecule has 0 aliphatic heterocycles. The Morgan fingerprint density at radius 2 is 1.79 bits per heavy atom. The first-order valence-electron chi connectivity index (χ1n) is 8.86. The van der Waals surface area contributed by atoms with Gasteiger partial charge in [0.25, 0.3) is 5.91 Å². The minimum atomic E-state index is -0.00351. The van der Waals surface area contributed by atoms with Crippen molar-refractivity contribution in [3.05, 3.63) is 65.7 Å². The van der Waals surface area contributed by atoms with E-state index in [0.717, 1.165) is 17.9 Å². The molecule has 4 rings (SSSR count). The Balaban J connectivity index is 1.44. The van der Waals surface area contributed by atoms with Crippen LogP contribution in [0.1, 0.15) is 41.6 Å². The molecule has 3 atom stereocenters. The number of fused-ring (bicyclic) bond motifs is 2. The SMILES string of the molecule is O=C(N[C@H]1C[C@H]2CC[C@@H]1C2)c1ccccc1OCc1ccccc1. The molecule has 1 amide bonds. The van der Waals surface area contributed by atoms with E-state index in [0.29, 0.717) is 29.9 Å². The van der Waals surface area contributed by atoms with Crippen LogP contribution in [-0.4, -0.2) is 11.9 Å². The lowest BCUT2D eigenvalue weighted by atomic mass is 9.95. The summed E-state index contributed by atoms with van der Waals surface area (Å²) in [6, 6.07) is 17.9. The fourth-order valence-corrected chi connectivity index (χ4v) is 4.18. The highest BCUT2D eigenvalue weighted by molar-refractivity contribution is 5.97. The molecule has 0 heterocycles. The van der Waals surface area contributed by atoms with E-state index in [1.165, 1.54) is 19.3 Å². The van der Waals surface area contributed by atoms with Crippen molar-refractivity contribution in [2.45, 2.75) is 38.3 Å². The third-order valence-corrected chi connectivity index (χ3v) is 5.42. The van der Waals surface area contributed by atoms with E-state index in [2.05, 4.69) is 5.32 Å². The molecule has 2 aliphatic rings. The Kier molecular flexibility index (Phi) is 4.24. The third kappa shape index (κ3) is 3.16. The number of carbonyl (C=O) groups is 1. The van der Waals surface area contributed by atoms with Crippen molar-refractivity contribution >= 4 is 5.91 Å². The van der Waals surface area contributed by atoms with E-state index >= 15 is 0 Å². The number of carbonyl (C=O) groups excluding carboxylic acids is 1. The molecule has 2 aromatic carbocycles. The van der Waals surface area contributed by atoms with Gasteiger partial charge in [0.2, 0.25) is 0 Å². The van der Waals surface area contributed by atoms with Gasteiger partial charge < -0.3 is 10.1 Å². The molecule has 0 saturated heterocycles. The molecule has 3 nitrogen and oxygen atoms in total. The molecule has 0 aromatic heterocycles. The smallest absolute Gasteiger partial charge is 0.255 e. The largest absolute Gasteiger partial charge is 0.488 e. The van der Waals surface area contributed by atoms with Gasteiger partial charge in [-0.25, -0.2) is 0 Å². The molecule has 24 heavy (non-hydrogen) atoms. The van der Waals surface area contributed by atoms with Crippen LogP contribution in [0.25, 0.3) is 0 Å². The van der Waals surface area contributed by atoms with E-state index in [-0.39, 0.29) is 5.91 Å². The Labute approximate surface area is 143 Å². The lowest BCUT2D eigenvalue weighted by molar-refractivity contribution is 0.0918. The number of rotatable bonds is 5. The lowest BCUT2D eigenvalue weighted by Gasteiger charge is -2.23. The molecule has 124 valence electrons. The number of ether oxygens (including phenoxy) is 1. The van der Waals surface area contributed by atoms with Crippen LogP contribution in [-0.2, 0) is 6.61 Å². The van der Waals surface area contributed by atoms with Gasteiger partial charge in [0.15, 0.2) is 0 Å². The maximum atomic E-state index is 12.7. The van der Waals surface area contributed by atoms with E-state index < -0.39 is 0 Å². The van der Waals surface area contributed by atoms with Gasteiger partial charge in [0.1, 0.15) is 12.4 Å². The van der Waals surface area contributed by atoms with Crippen LogP contribution in [0.4, 0.5) is 0 Å². The summed E-state index contributed by atoms with van der Waals surface area (Å²) in [7, 11) is 0. The Morgan fingerprint density at radius 3 is 2.54 bits per heavy atom. The second kappa shape index (κ2) is 6.68. The average molecular weight is 321 g/mol. The molecule has 2 saturated carbocycles. The summed E-state index contributed by atoms with van der Waals surface area (Å²) in [6.07, 6.45) is 5.04. The molecule has 2 aliphatic carbocycles. The quantitative estimate of drug-likeness (QED) is 0.897.